The molecule has 5 nitrogen and oxygen atoms in total. The number of H-pyrrole nitrogens is 1. The molecule has 1 aliphatic heterocycles. The molecule has 0 bridgehead atoms. The summed E-state index contributed by atoms with van der Waals surface area (Å²) in [6.45, 7) is 11.1. The number of rotatable bonds is 4. The van der Waals surface area contributed by atoms with Crippen LogP contribution in [-0.2, 0) is 18.4 Å². The second-order valence-electron chi connectivity index (χ2n) is 7.57. The van der Waals surface area contributed by atoms with E-state index in [4.69, 9.17) is 0 Å². The van der Waals surface area contributed by atoms with E-state index in [1.165, 1.54) is 10.4 Å². The molecule has 6 heteroatoms. The van der Waals surface area contributed by atoms with E-state index in [0.717, 1.165) is 25.2 Å². The van der Waals surface area contributed by atoms with Crippen LogP contribution in [0.25, 0.3) is 0 Å². The first-order chi connectivity index (χ1) is 11.3. The summed E-state index contributed by atoms with van der Waals surface area (Å²) in [6, 6.07) is 4.37. The van der Waals surface area contributed by atoms with Gasteiger partial charge in [-0.2, -0.15) is 5.10 Å². The number of hydrogen-bond acceptors (Lipinski definition) is 4. The molecule has 1 aliphatic rings. The summed E-state index contributed by atoms with van der Waals surface area (Å²) in [5.41, 5.74) is 2.84. The van der Waals surface area contributed by atoms with Gasteiger partial charge in [-0.15, -0.1) is 11.3 Å². The van der Waals surface area contributed by atoms with Crippen LogP contribution in [0, 0.1) is 0 Å². The molecule has 3 rings (SSSR count). The predicted molar refractivity (Wildman–Crippen MR) is 97.5 cm³/mol. The van der Waals surface area contributed by atoms with Gasteiger partial charge in [-0.25, -0.2) is 0 Å². The van der Waals surface area contributed by atoms with Crippen molar-refractivity contribution in [2.45, 2.75) is 52.1 Å². The molecule has 1 unspecified atom stereocenters. The zero-order chi connectivity index (χ0) is 17.3. The van der Waals surface area contributed by atoms with Crippen molar-refractivity contribution in [1.29, 1.82) is 0 Å². The Kier molecular flexibility index (Phi) is 4.78. The van der Waals surface area contributed by atoms with E-state index >= 15 is 0 Å². The molecule has 0 saturated heterocycles. The zero-order valence-electron chi connectivity index (χ0n) is 14.8. The molecule has 1 amide bonds. The van der Waals surface area contributed by atoms with E-state index < -0.39 is 0 Å². The van der Waals surface area contributed by atoms with E-state index in [0.29, 0.717) is 18.3 Å². The van der Waals surface area contributed by atoms with Crippen molar-refractivity contribution >= 4 is 17.2 Å². The smallest absolute Gasteiger partial charge is 0.271 e. The van der Waals surface area contributed by atoms with Gasteiger partial charge in [-0.05, 0) is 36.4 Å². The highest BCUT2D eigenvalue weighted by atomic mass is 32.1. The maximum atomic E-state index is 12.3. The number of amides is 1. The predicted octanol–water partition coefficient (Wildman–Crippen LogP) is 2.95. The summed E-state index contributed by atoms with van der Waals surface area (Å²) in [5.74, 6) is -0.109. The molecule has 0 saturated carbocycles. The molecule has 2 aromatic rings. The molecule has 3 heterocycles. The normalized spacial score (nSPS) is 16.7. The third-order valence-electron chi connectivity index (χ3n) is 4.64. The van der Waals surface area contributed by atoms with E-state index in [1.54, 1.807) is 0 Å². The molecule has 0 spiro atoms. The van der Waals surface area contributed by atoms with Crippen LogP contribution in [-0.4, -0.2) is 40.1 Å². The summed E-state index contributed by atoms with van der Waals surface area (Å²) in [7, 11) is 0. The maximum Gasteiger partial charge on any atom is 0.271 e. The van der Waals surface area contributed by atoms with Gasteiger partial charge in [0.15, 0.2) is 0 Å². The van der Waals surface area contributed by atoms with Crippen molar-refractivity contribution in [1.82, 2.24) is 20.4 Å². The third-order valence-corrected chi connectivity index (χ3v) is 5.66. The lowest BCUT2D eigenvalue weighted by molar-refractivity contribution is 0.0927. The standard InChI is InChI=1S/C18H26N4OS/c1-12(22-7-5-15-13(11-22)6-8-24-15)10-19-17(23)14-9-16(21-20-14)18(2,3)4/h6,8-9,12H,5,7,10-11H2,1-4H3,(H,19,23)(H,20,21). The Morgan fingerprint density at radius 1 is 1.50 bits per heavy atom. The van der Waals surface area contributed by atoms with Gasteiger partial charge >= 0.3 is 0 Å². The highest BCUT2D eigenvalue weighted by molar-refractivity contribution is 7.10. The minimum Gasteiger partial charge on any atom is -0.349 e. The molecule has 0 aliphatic carbocycles. The van der Waals surface area contributed by atoms with Crippen LogP contribution in [0.15, 0.2) is 17.5 Å². The second-order valence-corrected chi connectivity index (χ2v) is 8.57. The van der Waals surface area contributed by atoms with Crippen molar-refractivity contribution in [2.24, 2.45) is 0 Å². The van der Waals surface area contributed by atoms with E-state index in [2.05, 4.69) is 59.6 Å². The van der Waals surface area contributed by atoms with Gasteiger partial charge in [-0.1, -0.05) is 20.8 Å². The van der Waals surface area contributed by atoms with Crippen LogP contribution in [0.4, 0.5) is 0 Å². The number of thiophene rings is 1. The third kappa shape index (κ3) is 3.70. The molecular weight excluding hydrogens is 320 g/mol. The molecule has 1 atom stereocenters. The average molecular weight is 347 g/mol. The van der Waals surface area contributed by atoms with Gasteiger partial charge in [0.2, 0.25) is 0 Å². The Labute approximate surface area is 147 Å². The number of nitrogens with one attached hydrogen (secondary N) is 2. The lowest BCUT2D eigenvalue weighted by atomic mass is 9.92. The Hall–Kier alpha value is -1.66. The maximum absolute atomic E-state index is 12.3. The molecule has 0 aromatic carbocycles. The van der Waals surface area contributed by atoms with Crippen molar-refractivity contribution < 1.29 is 4.79 Å². The van der Waals surface area contributed by atoms with Gasteiger partial charge in [0.1, 0.15) is 5.69 Å². The van der Waals surface area contributed by atoms with Crippen molar-refractivity contribution in [3.8, 4) is 0 Å². The average Bonchev–Trinajstić information content (AvgIpc) is 3.19. The quantitative estimate of drug-likeness (QED) is 0.895. The Bertz CT molecular complexity index is 713. The van der Waals surface area contributed by atoms with E-state index in [-0.39, 0.29) is 11.3 Å². The molecule has 130 valence electrons. The first kappa shape index (κ1) is 17.2. The summed E-state index contributed by atoms with van der Waals surface area (Å²) >= 11 is 1.85. The topological polar surface area (TPSA) is 61.0 Å². The fourth-order valence-electron chi connectivity index (χ4n) is 2.93. The fraction of sp³-hybridized carbons (Fsp3) is 0.556. The van der Waals surface area contributed by atoms with E-state index in [9.17, 15) is 4.79 Å². The molecular formula is C18H26N4OS. The van der Waals surface area contributed by atoms with Crippen molar-refractivity contribution in [3.63, 3.8) is 0 Å². The van der Waals surface area contributed by atoms with Crippen LogP contribution in [0.5, 0.6) is 0 Å². The number of nitrogens with zero attached hydrogens (tertiary/aromatic N) is 2. The highest BCUT2D eigenvalue weighted by Crippen LogP contribution is 2.25. The number of aromatic nitrogens is 2. The second kappa shape index (κ2) is 6.69. The fourth-order valence-corrected chi connectivity index (χ4v) is 3.82. The van der Waals surface area contributed by atoms with Crippen LogP contribution in [0.3, 0.4) is 0 Å². The zero-order valence-corrected chi connectivity index (χ0v) is 15.7. The van der Waals surface area contributed by atoms with Crippen LogP contribution in [0.2, 0.25) is 0 Å². The SMILES string of the molecule is CC(CNC(=O)c1cc(C(C)(C)C)[nH]n1)N1CCc2sccc2C1. The number of fused-ring (bicyclic) bond motifs is 1. The molecule has 2 aromatic heterocycles. The first-order valence-corrected chi connectivity index (χ1v) is 9.36. The first-order valence-electron chi connectivity index (χ1n) is 8.48. The summed E-state index contributed by atoms with van der Waals surface area (Å²) < 4.78 is 0. The highest BCUT2D eigenvalue weighted by Gasteiger charge is 2.23. The monoisotopic (exact) mass is 346 g/mol. The summed E-state index contributed by atoms with van der Waals surface area (Å²) in [6.07, 6.45) is 1.11. The number of carbonyl (C=O) groups is 1. The Morgan fingerprint density at radius 3 is 3.00 bits per heavy atom. The van der Waals surface area contributed by atoms with Crippen LogP contribution < -0.4 is 5.32 Å². The minimum absolute atomic E-state index is 0.0368. The summed E-state index contributed by atoms with van der Waals surface area (Å²) in [4.78, 5) is 16.3. The van der Waals surface area contributed by atoms with Gasteiger partial charge in [0.05, 0.1) is 0 Å². The van der Waals surface area contributed by atoms with Crippen molar-refractivity contribution in [2.75, 3.05) is 13.1 Å². The Morgan fingerprint density at radius 2 is 2.29 bits per heavy atom. The minimum atomic E-state index is -0.109. The largest absolute Gasteiger partial charge is 0.349 e. The number of hydrogen-bond donors (Lipinski definition) is 2. The molecule has 24 heavy (non-hydrogen) atoms. The van der Waals surface area contributed by atoms with Gasteiger partial charge < -0.3 is 5.32 Å². The lowest BCUT2D eigenvalue weighted by Crippen LogP contribution is -2.44. The lowest BCUT2D eigenvalue weighted by Gasteiger charge is -2.32. The van der Waals surface area contributed by atoms with Gasteiger partial charge in [0.25, 0.3) is 5.91 Å². The molecule has 0 fully saturated rings. The Balaban J connectivity index is 1.54. The van der Waals surface area contributed by atoms with Gasteiger partial charge in [-0.3, -0.25) is 14.8 Å². The van der Waals surface area contributed by atoms with E-state index in [1.807, 2.05) is 17.4 Å². The molecule has 2 N–H and O–H groups in total. The number of aromatic amines is 1. The summed E-state index contributed by atoms with van der Waals surface area (Å²) in [5, 5.41) is 12.3. The molecule has 0 radical (unpaired) electrons. The van der Waals surface area contributed by atoms with Gasteiger partial charge in [0, 0.05) is 41.7 Å². The van der Waals surface area contributed by atoms with Crippen LogP contribution >= 0.6 is 11.3 Å². The van der Waals surface area contributed by atoms with Crippen molar-refractivity contribution in [3.05, 3.63) is 39.3 Å². The van der Waals surface area contributed by atoms with Crippen LogP contribution in [0.1, 0.15) is 54.3 Å². The number of carbonyl (C=O) groups excluding carboxylic acids is 1.